The Labute approximate surface area is 104 Å². The number of aliphatic carboxylic acids is 1. The number of alkyl halides is 1. The molecule has 0 saturated carbocycles. The van der Waals surface area contributed by atoms with Crippen molar-refractivity contribution in [3.8, 4) is 5.75 Å². The van der Waals surface area contributed by atoms with Gasteiger partial charge in [0.2, 0.25) is 0 Å². The third kappa shape index (κ3) is 4.28. The van der Waals surface area contributed by atoms with Gasteiger partial charge in [-0.1, -0.05) is 37.4 Å². The molecular formula is C11H14INO3. The molecule has 1 rings (SSSR count). The Kier molecular flexibility index (Phi) is 5.41. The van der Waals surface area contributed by atoms with E-state index in [9.17, 15) is 4.79 Å². The lowest BCUT2D eigenvalue weighted by Crippen LogP contribution is -2.32. The number of halogens is 1. The number of benzene rings is 1. The Hall–Kier alpha value is -0.950. The molecule has 16 heavy (non-hydrogen) atoms. The molecule has 0 unspecified atom stereocenters. The Morgan fingerprint density at radius 3 is 2.62 bits per heavy atom. The summed E-state index contributed by atoms with van der Waals surface area (Å²) in [5.41, 5.74) is 6.33. The first-order valence-electron chi connectivity index (χ1n) is 4.66. The van der Waals surface area contributed by atoms with Crippen LogP contribution < -0.4 is 10.5 Å². The van der Waals surface area contributed by atoms with Crippen molar-refractivity contribution in [1.29, 1.82) is 0 Å². The molecule has 0 spiro atoms. The fourth-order valence-electron chi connectivity index (χ4n) is 1.16. The van der Waals surface area contributed by atoms with Gasteiger partial charge in [0.15, 0.2) is 0 Å². The van der Waals surface area contributed by atoms with Crippen molar-refractivity contribution in [3.63, 3.8) is 0 Å². The number of carboxylic acids is 1. The number of ether oxygens (including phenoxy) is 1. The number of rotatable bonds is 6. The van der Waals surface area contributed by atoms with Crippen molar-refractivity contribution >= 4 is 31.2 Å². The highest BCUT2D eigenvalue weighted by molar-refractivity contribution is 14.2. The smallest absolute Gasteiger partial charge is 0.320 e. The molecule has 1 aromatic rings. The molecular weight excluding hydrogens is 321 g/mol. The highest BCUT2D eigenvalue weighted by atomic mass is 127. The molecule has 0 heterocycles. The van der Waals surface area contributed by atoms with Gasteiger partial charge in [-0.25, -0.2) is 0 Å². The van der Waals surface area contributed by atoms with Crippen LogP contribution in [0.2, 0.25) is 0 Å². The molecule has 1 atom stereocenters. The van der Waals surface area contributed by atoms with Crippen molar-refractivity contribution in [2.75, 3.05) is 4.61 Å². The summed E-state index contributed by atoms with van der Waals surface area (Å²) in [6.45, 7) is 0. The second-order valence-corrected chi connectivity index (χ2v) is 4.94. The Morgan fingerprint density at radius 1 is 1.50 bits per heavy atom. The molecule has 1 aromatic carbocycles. The summed E-state index contributed by atoms with van der Waals surface area (Å²) in [5, 5.41) is 8.66. The summed E-state index contributed by atoms with van der Waals surface area (Å²) < 4.78 is 9.87. The molecule has 0 fully saturated rings. The van der Waals surface area contributed by atoms with Gasteiger partial charge in [0.1, 0.15) is 16.4 Å². The van der Waals surface area contributed by atoms with Gasteiger partial charge in [0, 0.05) is 0 Å². The minimum Gasteiger partial charge on any atom is -0.484 e. The first kappa shape index (κ1) is 13.1. The van der Waals surface area contributed by atoms with E-state index in [4.69, 9.17) is 15.6 Å². The summed E-state index contributed by atoms with van der Waals surface area (Å²) in [4.78, 5) is 10.6. The van der Waals surface area contributed by atoms with Crippen LogP contribution in [0.1, 0.15) is 5.56 Å². The third-order valence-electron chi connectivity index (χ3n) is 1.99. The topological polar surface area (TPSA) is 72.5 Å². The van der Waals surface area contributed by atoms with Crippen molar-refractivity contribution in [3.05, 3.63) is 29.8 Å². The van der Waals surface area contributed by atoms with Crippen molar-refractivity contribution in [2.45, 2.75) is 12.5 Å². The van der Waals surface area contributed by atoms with E-state index in [1.54, 1.807) is 0 Å². The zero-order valence-corrected chi connectivity index (χ0v) is 10.9. The van der Waals surface area contributed by atoms with Crippen LogP contribution in [0.3, 0.4) is 0 Å². The van der Waals surface area contributed by atoms with E-state index in [-0.39, 0.29) is 20.7 Å². The molecule has 0 radical (unpaired) electrons. The van der Waals surface area contributed by atoms with Crippen LogP contribution in [0, 0.1) is 0 Å². The Bertz CT molecular complexity index is 364. The maximum absolute atomic E-state index is 10.6. The predicted molar refractivity (Wildman–Crippen MR) is 72.4 cm³/mol. The molecule has 0 bridgehead atoms. The largest absolute Gasteiger partial charge is 0.484 e. The second-order valence-electron chi connectivity index (χ2n) is 3.24. The molecule has 0 aliphatic rings. The van der Waals surface area contributed by atoms with Crippen molar-refractivity contribution < 1.29 is 14.6 Å². The van der Waals surface area contributed by atoms with E-state index in [1.807, 2.05) is 24.3 Å². The fraction of sp³-hybridized carbons (Fsp3) is 0.273. The van der Waals surface area contributed by atoms with Crippen LogP contribution in [-0.2, 0) is 11.2 Å². The highest BCUT2D eigenvalue weighted by Gasteiger charge is 2.11. The number of carboxylic acid groups (broad SMARTS) is 1. The molecule has 0 aliphatic carbocycles. The average Bonchev–Trinajstić information content (AvgIpc) is 2.28. The van der Waals surface area contributed by atoms with Crippen LogP contribution in [-0.4, -0.2) is 26.2 Å². The summed E-state index contributed by atoms with van der Waals surface area (Å²) in [6.07, 6.45) is 0.331. The average molecular weight is 335 g/mol. The summed E-state index contributed by atoms with van der Waals surface area (Å²) >= 11 is -0.119. The minimum atomic E-state index is -0.984. The molecule has 0 saturated heterocycles. The van der Waals surface area contributed by atoms with Gasteiger partial charge in [-0.2, -0.15) is 0 Å². The van der Waals surface area contributed by atoms with Gasteiger partial charge in [-0.15, -0.1) is 0 Å². The Morgan fingerprint density at radius 2 is 2.12 bits per heavy atom. The van der Waals surface area contributed by atoms with Crippen LogP contribution in [0.5, 0.6) is 5.75 Å². The number of carbonyl (C=O) groups is 1. The maximum Gasteiger partial charge on any atom is 0.320 e. The standard InChI is InChI=1S/C11H14INO3/c1-12-7-16-9-4-2-8(3-5-9)6-10(13)11(14)15/h2-5,10H,1,6-7,13H2,(H,14,15)/t10-/m1/s1. The SMILES string of the molecule is C=ICOc1ccc(C[C@@H](N)C(=O)O)cc1. The zero-order valence-electron chi connectivity index (χ0n) is 8.73. The van der Waals surface area contributed by atoms with E-state index >= 15 is 0 Å². The highest BCUT2D eigenvalue weighted by Crippen LogP contribution is 2.14. The van der Waals surface area contributed by atoms with Crippen molar-refractivity contribution in [1.82, 2.24) is 0 Å². The van der Waals surface area contributed by atoms with Gasteiger partial charge >= 0.3 is 5.97 Å². The molecule has 0 aliphatic heterocycles. The summed E-state index contributed by atoms with van der Waals surface area (Å²) in [5.74, 6) is -0.196. The number of hydrogen-bond donors (Lipinski definition) is 2. The zero-order chi connectivity index (χ0) is 12.0. The van der Waals surface area contributed by atoms with E-state index in [0.717, 1.165) is 11.3 Å². The van der Waals surface area contributed by atoms with Crippen LogP contribution in [0.25, 0.3) is 0 Å². The molecule has 0 aromatic heterocycles. The van der Waals surface area contributed by atoms with E-state index < -0.39 is 12.0 Å². The van der Waals surface area contributed by atoms with Gasteiger partial charge < -0.3 is 15.6 Å². The van der Waals surface area contributed by atoms with Crippen molar-refractivity contribution in [2.24, 2.45) is 5.73 Å². The number of nitrogens with two attached hydrogens (primary N) is 1. The predicted octanol–water partition coefficient (Wildman–Crippen LogP) is 1.38. The lowest BCUT2D eigenvalue weighted by Gasteiger charge is -2.07. The Balaban J connectivity index is 2.57. The van der Waals surface area contributed by atoms with Crippen LogP contribution in [0.15, 0.2) is 24.3 Å². The second kappa shape index (κ2) is 6.59. The molecule has 5 heteroatoms. The third-order valence-corrected chi connectivity index (χ3v) is 2.75. The molecule has 4 nitrogen and oxygen atoms in total. The maximum atomic E-state index is 10.6. The van der Waals surface area contributed by atoms with E-state index in [0.29, 0.717) is 11.0 Å². The van der Waals surface area contributed by atoms with Gasteiger partial charge in [-0.3, -0.25) is 4.79 Å². The lowest BCUT2D eigenvalue weighted by molar-refractivity contribution is -0.138. The lowest BCUT2D eigenvalue weighted by atomic mass is 10.1. The van der Waals surface area contributed by atoms with E-state index in [1.165, 1.54) is 0 Å². The molecule has 88 valence electrons. The minimum absolute atomic E-state index is 0.119. The summed E-state index contributed by atoms with van der Waals surface area (Å²) in [7, 11) is 0. The molecule has 0 amide bonds. The van der Waals surface area contributed by atoms with Gasteiger partial charge in [-0.05, 0) is 24.1 Å². The monoisotopic (exact) mass is 335 g/mol. The summed E-state index contributed by atoms with van der Waals surface area (Å²) in [6, 6.07) is 6.46. The van der Waals surface area contributed by atoms with Crippen LogP contribution in [0.4, 0.5) is 0 Å². The molecule has 3 N–H and O–H groups in total. The quantitative estimate of drug-likeness (QED) is 0.609. The fourth-order valence-corrected chi connectivity index (χ4v) is 1.74. The number of hydrogen-bond acceptors (Lipinski definition) is 3. The first-order valence-corrected chi connectivity index (χ1v) is 7.71. The van der Waals surface area contributed by atoms with E-state index in [2.05, 4.69) is 4.51 Å². The van der Waals surface area contributed by atoms with Gasteiger partial charge in [0.05, 0.1) is 0 Å². The normalized spacial score (nSPS) is 12.1. The van der Waals surface area contributed by atoms with Gasteiger partial charge in [0.25, 0.3) is 0 Å². The first-order chi connectivity index (χ1) is 7.63. The van der Waals surface area contributed by atoms with Crippen LogP contribution >= 0.6 is 20.7 Å².